The van der Waals surface area contributed by atoms with Crippen molar-refractivity contribution in [1.29, 1.82) is 0 Å². The molecule has 0 aliphatic rings. The van der Waals surface area contributed by atoms with Crippen molar-refractivity contribution in [1.82, 2.24) is 0 Å². The first-order chi connectivity index (χ1) is 7.76. The molecule has 1 rings (SSSR count). The van der Waals surface area contributed by atoms with Crippen LogP contribution in [-0.2, 0) is 4.79 Å². The second-order valence-corrected chi connectivity index (χ2v) is 3.84. The number of rotatable bonds is 6. The average Bonchev–Trinajstić information content (AvgIpc) is 2.28. The summed E-state index contributed by atoms with van der Waals surface area (Å²) in [7, 11) is 0. The van der Waals surface area contributed by atoms with Crippen molar-refractivity contribution in [2.45, 2.75) is 19.8 Å². The lowest BCUT2D eigenvalue weighted by atomic mass is 10.3. The van der Waals surface area contributed by atoms with E-state index in [1.54, 1.807) is 0 Å². The monoisotopic (exact) mass is 239 g/mol. The first-order valence-electron chi connectivity index (χ1n) is 5.40. The van der Waals surface area contributed by atoms with Gasteiger partial charge in [-0.15, -0.1) is 0 Å². The van der Waals surface area contributed by atoms with Crippen molar-refractivity contribution in [3.8, 4) is 5.75 Å². The van der Waals surface area contributed by atoms with Gasteiger partial charge >= 0.3 is 0 Å². The minimum Gasteiger partial charge on any atom is -0.494 e. The Hall–Kier alpha value is -1.16. The third kappa shape index (κ3) is 4.57. The Bertz CT molecular complexity index is 324. The lowest BCUT2D eigenvalue weighted by Gasteiger charge is -2.07. The number of anilines is 1. The highest BCUT2D eigenvalue weighted by Gasteiger charge is 2.00. The molecule has 0 saturated heterocycles. The van der Waals surface area contributed by atoms with Gasteiger partial charge in [-0.25, -0.2) is 0 Å². The van der Waals surface area contributed by atoms with Gasteiger partial charge in [-0.1, -0.05) is 6.92 Å². The number of amides is 1. The molecular weight excluding hydrogens is 222 g/mol. The van der Waals surface area contributed by atoms with Gasteiger partial charge in [-0.2, -0.15) is 12.6 Å². The summed E-state index contributed by atoms with van der Waals surface area (Å²) in [6.45, 7) is 2.78. The number of benzene rings is 1. The fourth-order valence-corrected chi connectivity index (χ4v) is 1.38. The van der Waals surface area contributed by atoms with Crippen LogP contribution in [0.1, 0.15) is 19.8 Å². The smallest absolute Gasteiger partial charge is 0.225 e. The molecule has 0 radical (unpaired) electrons. The Kier molecular flexibility index (Phi) is 5.78. The van der Waals surface area contributed by atoms with E-state index < -0.39 is 0 Å². The lowest BCUT2D eigenvalue weighted by Crippen LogP contribution is -2.11. The second kappa shape index (κ2) is 7.17. The quantitative estimate of drug-likeness (QED) is 0.749. The van der Waals surface area contributed by atoms with E-state index in [0.29, 0.717) is 18.8 Å². The minimum absolute atomic E-state index is 0.0165. The van der Waals surface area contributed by atoms with Crippen molar-refractivity contribution >= 4 is 24.2 Å². The standard InChI is InChI=1S/C12H17NO2S/c1-2-8-15-11-5-3-10(4-6-11)13-12(14)7-9-16/h3-6,16H,2,7-9H2,1H3,(H,13,14). The van der Waals surface area contributed by atoms with Gasteiger partial charge in [0.15, 0.2) is 0 Å². The Morgan fingerprint density at radius 2 is 2.06 bits per heavy atom. The van der Waals surface area contributed by atoms with E-state index in [9.17, 15) is 4.79 Å². The first kappa shape index (κ1) is 12.9. The Labute approximate surface area is 102 Å². The van der Waals surface area contributed by atoms with Crippen molar-refractivity contribution < 1.29 is 9.53 Å². The van der Waals surface area contributed by atoms with Gasteiger partial charge in [-0.3, -0.25) is 4.79 Å². The van der Waals surface area contributed by atoms with Crippen LogP contribution in [0.5, 0.6) is 5.75 Å². The van der Waals surface area contributed by atoms with Gasteiger partial charge in [0.25, 0.3) is 0 Å². The maximum absolute atomic E-state index is 11.3. The molecule has 0 aromatic heterocycles. The summed E-state index contributed by atoms with van der Waals surface area (Å²) in [4.78, 5) is 11.3. The van der Waals surface area contributed by atoms with Crippen LogP contribution in [0.2, 0.25) is 0 Å². The van der Waals surface area contributed by atoms with Gasteiger partial charge in [0.05, 0.1) is 6.61 Å². The molecule has 88 valence electrons. The molecule has 0 aliphatic carbocycles. The van der Waals surface area contributed by atoms with Crippen molar-refractivity contribution in [2.75, 3.05) is 17.7 Å². The molecule has 0 unspecified atom stereocenters. The molecule has 0 fully saturated rings. The molecule has 0 atom stereocenters. The molecule has 1 amide bonds. The van der Waals surface area contributed by atoms with Crippen LogP contribution in [0.15, 0.2) is 24.3 Å². The molecule has 3 nitrogen and oxygen atoms in total. The molecule has 1 aromatic rings. The molecule has 16 heavy (non-hydrogen) atoms. The second-order valence-electron chi connectivity index (χ2n) is 3.39. The number of ether oxygens (including phenoxy) is 1. The summed E-state index contributed by atoms with van der Waals surface area (Å²) in [5.74, 6) is 1.37. The van der Waals surface area contributed by atoms with Gasteiger partial charge in [0, 0.05) is 12.1 Å². The zero-order chi connectivity index (χ0) is 11.8. The molecule has 0 aliphatic heterocycles. The summed E-state index contributed by atoms with van der Waals surface area (Å²) >= 11 is 4.00. The van der Waals surface area contributed by atoms with E-state index in [0.717, 1.165) is 17.9 Å². The predicted molar refractivity (Wildman–Crippen MR) is 69.3 cm³/mol. The Balaban J connectivity index is 2.47. The highest BCUT2D eigenvalue weighted by Crippen LogP contribution is 2.15. The van der Waals surface area contributed by atoms with Crippen molar-refractivity contribution in [2.24, 2.45) is 0 Å². The Morgan fingerprint density at radius 1 is 1.38 bits per heavy atom. The molecule has 0 bridgehead atoms. The highest BCUT2D eigenvalue weighted by molar-refractivity contribution is 7.80. The molecule has 0 spiro atoms. The number of carbonyl (C=O) groups is 1. The predicted octanol–water partition coefficient (Wildman–Crippen LogP) is 2.73. The van der Waals surface area contributed by atoms with E-state index in [4.69, 9.17) is 4.74 Å². The van der Waals surface area contributed by atoms with Gasteiger partial charge in [0.2, 0.25) is 5.91 Å². The topological polar surface area (TPSA) is 38.3 Å². The van der Waals surface area contributed by atoms with Crippen molar-refractivity contribution in [3.63, 3.8) is 0 Å². The fourth-order valence-electron chi connectivity index (χ4n) is 1.18. The number of hydrogen-bond donors (Lipinski definition) is 2. The number of hydrogen-bond acceptors (Lipinski definition) is 3. The summed E-state index contributed by atoms with van der Waals surface area (Å²) in [6, 6.07) is 7.38. The largest absolute Gasteiger partial charge is 0.494 e. The van der Waals surface area contributed by atoms with E-state index in [1.807, 2.05) is 24.3 Å². The fraction of sp³-hybridized carbons (Fsp3) is 0.417. The van der Waals surface area contributed by atoms with Crippen LogP contribution in [0.25, 0.3) is 0 Å². The Morgan fingerprint density at radius 3 is 2.62 bits per heavy atom. The van der Waals surface area contributed by atoms with E-state index in [2.05, 4.69) is 24.9 Å². The maximum atomic E-state index is 11.3. The van der Waals surface area contributed by atoms with E-state index in [-0.39, 0.29) is 5.91 Å². The molecule has 1 N–H and O–H groups in total. The summed E-state index contributed by atoms with van der Waals surface area (Å²) < 4.78 is 5.44. The van der Waals surface area contributed by atoms with Crippen LogP contribution in [0, 0.1) is 0 Å². The van der Waals surface area contributed by atoms with Crippen LogP contribution in [-0.4, -0.2) is 18.3 Å². The van der Waals surface area contributed by atoms with Crippen LogP contribution >= 0.6 is 12.6 Å². The van der Waals surface area contributed by atoms with E-state index >= 15 is 0 Å². The number of nitrogens with one attached hydrogen (secondary N) is 1. The van der Waals surface area contributed by atoms with E-state index in [1.165, 1.54) is 0 Å². The van der Waals surface area contributed by atoms with Crippen LogP contribution in [0.4, 0.5) is 5.69 Å². The zero-order valence-corrected chi connectivity index (χ0v) is 10.3. The lowest BCUT2D eigenvalue weighted by molar-refractivity contribution is -0.115. The summed E-state index contributed by atoms with van der Waals surface area (Å²) in [5.41, 5.74) is 0.788. The number of thiol groups is 1. The number of carbonyl (C=O) groups excluding carboxylic acids is 1. The van der Waals surface area contributed by atoms with Crippen LogP contribution < -0.4 is 10.1 Å². The van der Waals surface area contributed by atoms with Gasteiger partial charge in [0.1, 0.15) is 5.75 Å². The summed E-state index contributed by atoms with van der Waals surface area (Å²) in [5, 5.41) is 2.78. The molecule has 0 saturated carbocycles. The minimum atomic E-state index is -0.0165. The average molecular weight is 239 g/mol. The first-order valence-corrected chi connectivity index (χ1v) is 6.03. The van der Waals surface area contributed by atoms with Crippen molar-refractivity contribution in [3.05, 3.63) is 24.3 Å². The summed E-state index contributed by atoms with van der Waals surface area (Å²) in [6.07, 6.45) is 1.41. The zero-order valence-electron chi connectivity index (χ0n) is 9.40. The molecule has 0 heterocycles. The normalized spacial score (nSPS) is 9.88. The SMILES string of the molecule is CCCOc1ccc(NC(=O)CCS)cc1. The van der Waals surface area contributed by atoms with Gasteiger partial charge < -0.3 is 10.1 Å². The van der Waals surface area contributed by atoms with Gasteiger partial charge in [-0.05, 0) is 36.4 Å². The maximum Gasteiger partial charge on any atom is 0.225 e. The third-order valence-corrected chi connectivity index (χ3v) is 2.17. The highest BCUT2D eigenvalue weighted by atomic mass is 32.1. The van der Waals surface area contributed by atoms with Crippen LogP contribution in [0.3, 0.4) is 0 Å². The molecule has 1 aromatic carbocycles. The molecular formula is C12H17NO2S. The molecule has 4 heteroatoms. The third-order valence-electron chi connectivity index (χ3n) is 1.95.